The fraction of sp³-hybridized carbons (Fsp3) is 0.538. The number of nitrogen functional groups attached to an aromatic ring is 1. The highest BCUT2D eigenvalue weighted by molar-refractivity contribution is 5.66. The zero-order valence-corrected chi connectivity index (χ0v) is 9.82. The lowest BCUT2D eigenvalue weighted by Gasteiger charge is -2.45. The van der Waals surface area contributed by atoms with Crippen molar-refractivity contribution >= 4 is 11.4 Å². The maximum Gasteiger partial charge on any atom is 0.125 e. The van der Waals surface area contributed by atoms with E-state index in [-0.39, 0.29) is 5.82 Å². The molecule has 3 fully saturated rings. The van der Waals surface area contributed by atoms with E-state index in [9.17, 15) is 4.39 Å². The van der Waals surface area contributed by atoms with E-state index in [1.807, 2.05) is 0 Å². The lowest BCUT2D eigenvalue weighted by molar-refractivity contribution is 0.0975. The Bertz CT molecular complexity index is 413. The van der Waals surface area contributed by atoms with Gasteiger partial charge in [-0.05, 0) is 50.0 Å². The highest BCUT2D eigenvalue weighted by Crippen LogP contribution is 2.31. The Morgan fingerprint density at radius 1 is 1.29 bits per heavy atom. The molecule has 0 spiro atoms. The van der Waals surface area contributed by atoms with Gasteiger partial charge in [-0.3, -0.25) is 0 Å². The van der Waals surface area contributed by atoms with Crippen molar-refractivity contribution in [2.24, 2.45) is 5.92 Å². The fourth-order valence-electron chi connectivity index (χ4n) is 2.98. The Labute approximate surface area is 101 Å². The number of nitrogens with zero attached hydrogens (tertiary/aromatic N) is 1. The summed E-state index contributed by atoms with van der Waals surface area (Å²) in [5.41, 5.74) is 7.23. The van der Waals surface area contributed by atoms with Crippen molar-refractivity contribution < 1.29 is 4.39 Å². The minimum Gasteiger partial charge on any atom is -0.397 e. The average molecular weight is 235 g/mol. The molecule has 3 N–H and O–H groups in total. The van der Waals surface area contributed by atoms with Crippen molar-refractivity contribution in [3.8, 4) is 0 Å². The SMILES string of the molecule is Nc1ccc(F)cc1NC1CN2CCC1CC2. The molecule has 0 radical (unpaired) electrons. The Kier molecular flexibility index (Phi) is 2.67. The van der Waals surface area contributed by atoms with Gasteiger partial charge in [0.15, 0.2) is 0 Å². The van der Waals surface area contributed by atoms with Crippen molar-refractivity contribution in [1.82, 2.24) is 4.90 Å². The van der Waals surface area contributed by atoms with E-state index >= 15 is 0 Å². The number of hydrogen-bond donors (Lipinski definition) is 2. The van der Waals surface area contributed by atoms with Crippen LogP contribution in [0.1, 0.15) is 12.8 Å². The second kappa shape index (κ2) is 4.18. The normalized spacial score (nSPS) is 31.5. The molecule has 0 saturated carbocycles. The van der Waals surface area contributed by atoms with Crippen LogP contribution >= 0.6 is 0 Å². The van der Waals surface area contributed by atoms with E-state index in [0.29, 0.717) is 17.6 Å². The minimum absolute atomic E-state index is 0.233. The van der Waals surface area contributed by atoms with E-state index < -0.39 is 0 Å². The van der Waals surface area contributed by atoms with Crippen molar-refractivity contribution in [3.05, 3.63) is 24.0 Å². The third-order valence-corrected chi connectivity index (χ3v) is 4.01. The van der Waals surface area contributed by atoms with Gasteiger partial charge in [-0.15, -0.1) is 0 Å². The number of nitrogens with one attached hydrogen (secondary N) is 1. The summed E-state index contributed by atoms with van der Waals surface area (Å²) in [5, 5.41) is 3.41. The van der Waals surface area contributed by atoms with Crippen LogP contribution in [-0.2, 0) is 0 Å². The van der Waals surface area contributed by atoms with Crippen LogP contribution in [0, 0.1) is 11.7 Å². The van der Waals surface area contributed by atoms with Crippen LogP contribution in [0.3, 0.4) is 0 Å². The number of nitrogens with two attached hydrogens (primary N) is 1. The highest BCUT2D eigenvalue weighted by Gasteiger charge is 2.34. The summed E-state index contributed by atoms with van der Waals surface area (Å²) < 4.78 is 13.2. The first-order chi connectivity index (χ1) is 8.22. The molecule has 17 heavy (non-hydrogen) atoms. The van der Waals surface area contributed by atoms with Crippen LogP contribution in [0.15, 0.2) is 18.2 Å². The Balaban J connectivity index is 1.76. The Morgan fingerprint density at radius 3 is 2.71 bits per heavy atom. The van der Waals surface area contributed by atoms with E-state index in [1.165, 1.54) is 38.1 Å². The summed E-state index contributed by atoms with van der Waals surface area (Å²) in [6.45, 7) is 3.48. The predicted octanol–water partition coefficient (Wildman–Crippen LogP) is 1.91. The topological polar surface area (TPSA) is 41.3 Å². The van der Waals surface area contributed by atoms with Gasteiger partial charge in [-0.25, -0.2) is 4.39 Å². The summed E-state index contributed by atoms with van der Waals surface area (Å²) >= 11 is 0. The average Bonchev–Trinajstić information content (AvgIpc) is 2.35. The molecule has 0 aromatic heterocycles. The fourth-order valence-corrected chi connectivity index (χ4v) is 2.98. The van der Waals surface area contributed by atoms with E-state index in [2.05, 4.69) is 10.2 Å². The van der Waals surface area contributed by atoms with Gasteiger partial charge in [0.25, 0.3) is 0 Å². The number of fused-ring (bicyclic) bond motifs is 3. The van der Waals surface area contributed by atoms with Crippen molar-refractivity contribution in [2.75, 3.05) is 30.7 Å². The minimum atomic E-state index is -0.233. The summed E-state index contributed by atoms with van der Waals surface area (Å²) in [6.07, 6.45) is 2.49. The van der Waals surface area contributed by atoms with Crippen LogP contribution in [0.5, 0.6) is 0 Å². The van der Waals surface area contributed by atoms with Gasteiger partial charge in [0.05, 0.1) is 11.4 Å². The van der Waals surface area contributed by atoms with Crippen molar-refractivity contribution in [3.63, 3.8) is 0 Å². The molecule has 3 saturated heterocycles. The summed E-state index contributed by atoms with van der Waals surface area (Å²) in [7, 11) is 0. The molecule has 4 rings (SSSR count). The molecule has 3 aliphatic rings. The lowest BCUT2D eigenvalue weighted by atomic mass is 9.84. The second-order valence-corrected chi connectivity index (χ2v) is 5.12. The smallest absolute Gasteiger partial charge is 0.125 e. The lowest BCUT2D eigenvalue weighted by Crippen LogP contribution is -2.53. The van der Waals surface area contributed by atoms with E-state index in [0.717, 1.165) is 12.2 Å². The zero-order valence-electron chi connectivity index (χ0n) is 9.82. The van der Waals surface area contributed by atoms with Crippen LogP contribution in [0.4, 0.5) is 15.8 Å². The largest absolute Gasteiger partial charge is 0.397 e. The number of anilines is 2. The van der Waals surface area contributed by atoms with Gasteiger partial charge in [-0.1, -0.05) is 0 Å². The van der Waals surface area contributed by atoms with Gasteiger partial charge in [-0.2, -0.15) is 0 Å². The Hall–Kier alpha value is -1.29. The number of piperidine rings is 3. The molecule has 0 aliphatic carbocycles. The second-order valence-electron chi connectivity index (χ2n) is 5.12. The molecular formula is C13H18FN3. The maximum atomic E-state index is 13.2. The van der Waals surface area contributed by atoms with Crippen LogP contribution in [-0.4, -0.2) is 30.6 Å². The first-order valence-corrected chi connectivity index (χ1v) is 6.26. The molecule has 1 atom stereocenters. The number of halogens is 1. The Morgan fingerprint density at radius 2 is 2.06 bits per heavy atom. The van der Waals surface area contributed by atoms with Crippen LogP contribution in [0.2, 0.25) is 0 Å². The van der Waals surface area contributed by atoms with Gasteiger partial charge >= 0.3 is 0 Å². The van der Waals surface area contributed by atoms with Gasteiger partial charge in [0.1, 0.15) is 5.82 Å². The molecular weight excluding hydrogens is 217 g/mol. The summed E-state index contributed by atoms with van der Waals surface area (Å²) in [4.78, 5) is 2.47. The standard InChI is InChI=1S/C13H18FN3/c14-10-1-2-11(15)12(7-10)16-13-8-17-5-3-9(13)4-6-17/h1-2,7,9,13,16H,3-6,8,15H2. The van der Waals surface area contributed by atoms with E-state index in [4.69, 9.17) is 5.73 Å². The molecule has 4 heteroatoms. The monoisotopic (exact) mass is 235 g/mol. The summed E-state index contributed by atoms with van der Waals surface area (Å²) in [5.74, 6) is 0.477. The molecule has 3 heterocycles. The third-order valence-electron chi connectivity index (χ3n) is 4.01. The van der Waals surface area contributed by atoms with E-state index in [1.54, 1.807) is 6.07 Å². The number of benzene rings is 1. The van der Waals surface area contributed by atoms with Crippen LogP contribution in [0.25, 0.3) is 0 Å². The zero-order chi connectivity index (χ0) is 11.8. The molecule has 1 unspecified atom stereocenters. The van der Waals surface area contributed by atoms with Crippen molar-refractivity contribution in [1.29, 1.82) is 0 Å². The first-order valence-electron chi connectivity index (χ1n) is 6.26. The molecule has 3 aliphatic heterocycles. The molecule has 0 amide bonds. The number of hydrogen-bond acceptors (Lipinski definition) is 3. The summed E-state index contributed by atoms with van der Waals surface area (Å²) in [6, 6.07) is 4.94. The molecule has 1 aromatic rings. The molecule has 2 bridgehead atoms. The molecule has 92 valence electrons. The van der Waals surface area contributed by atoms with Gasteiger partial charge in [0, 0.05) is 12.6 Å². The van der Waals surface area contributed by atoms with Gasteiger partial charge < -0.3 is 16.0 Å². The highest BCUT2D eigenvalue weighted by atomic mass is 19.1. The quantitative estimate of drug-likeness (QED) is 0.769. The molecule has 3 nitrogen and oxygen atoms in total. The predicted molar refractivity (Wildman–Crippen MR) is 67.4 cm³/mol. The third kappa shape index (κ3) is 2.09. The molecule has 1 aromatic carbocycles. The van der Waals surface area contributed by atoms with Crippen LogP contribution < -0.4 is 11.1 Å². The first kappa shape index (κ1) is 10.8. The van der Waals surface area contributed by atoms with Crippen molar-refractivity contribution in [2.45, 2.75) is 18.9 Å². The van der Waals surface area contributed by atoms with Gasteiger partial charge in [0.2, 0.25) is 0 Å². The maximum absolute atomic E-state index is 13.2. The number of rotatable bonds is 2.